The molecule has 0 aromatic heterocycles. The highest BCUT2D eigenvalue weighted by Crippen LogP contribution is 2.16. The van der Waals surface area contributed by atoms with Gasteiger partial charge in [-0.15, -0.1) is 0 Å². The summed E-state index contributed by atoms with van der Waals surface area (Å²) in [4.78, 5) is 26.5. The molecule has 0 spiro atoms. The standard InChI is InChI=1S/C22H26BrNO3/c1-22(2,3)27-21(26)24(16-17-11-13-19(23)14-12-17)15-7-10-20(25)18-8-5-4-6-9-18/h4-6,8-9,11-14H,7,10,15-16H2,1-3H3. The molecule has 0 fully saturated rings. The Balaban J connectivity index is 1.99. The zero-order valence-corrected chi connectivity index (χ0v) is 17.7. The van der Waals surface area contributed by atoms with Crippen LogP contribution in [0.5, 0.6) is 0 Å². The summed E-state index contributed by atoms with van der Waals surface area (Å²) < 4.78 is 6.52. The lowest BCUT2D eigenvalue weighted by Gasteiger charge is -2.27. The number of amides is 1. The number of carbonyl (C=O) groups is 2. The van der Waals surface area contributed by atoms with Crippen molar-refractivity contribution in [2.75, 3.05) is 6.54 Å². The molecule has 2 aromatic rings. The summed E-state index contributed by atoms with van der Waals surface area (Å²) >= 11 is 3.42. The molecule has 144 valence electrons. The SMILES string of the molecule is CC(C)(C)OC(=O)N(CCCC(=O)c1ccccc1)Cc1ccc(Br)cc1. The average molecular weight is 432 g/mol. The minimum absolute atomic E-state index is 0.0865. The molecule has 0 aliphatic carbocycles. The van der Waals surface area contributed by atoms with Crippen molar-refractivity contribution in [1.29, 1.82) is 0 Å². The molecule has 0 saturated heterocycles. The number of ether oxygens (including phenoxy) is 1. The van der Waals surface area contributed by atoms with Crippen LogP contribution in [0.15, 0.2) is 59.1 Å². The summed E-state index contributed by atoms with van der Waals surface area (Å²) in [6.45, 7) is 6.45. The highest BCUT2D eigenvalue weighted by atomic mass is 79.9. The third-order valence-corrected chi connectivity index (χ3v) is 4.39. The van der Waals surface area contributed by atoms with E-state index in [4.69, 9.17) is 4.74 Å². The molecule has 0 saturated carbocycles. The van der Waals surface area contributed by atoms with Gasteiger partial charge in [-0.3, -0.25) is 4.79 Å². The first-order valence-corrected chi connectivity index (χ1v) is 9.84. The van der Waals surface area contributed by atoms with Crippen LogP contribution in [-0.2, 0) is 11.3 Å². The molecule has 0 atom stereocenters. The van der Waals surface area contributed by atoms with E-state index >= 15 is 0 Å². The smallest absolute Gasteiger partial charge is 0.410 e. The predicted molar refractivity (Wildman–Crippen MR) is 111 cm³/mol. The van der Waals surface area contributed by atoms with Crippen LogP contribution in [-0.4, -0.2) is 28.9 Å². The Morgan fingerprint density at radius 2 is 1.63 bits per heavy atom. The number of hydrogen-bond acceptors (Lipinski definition) is 3. The lowest BCUT2D eigenvalue weighted by molar-refractivity contribution is 0.0229. The molecule has 5 heteroatoms. The van der Waals surface area contributed by atoms with Crippen LogP contribution in [0.2, 0.25) is 0 Å². The van der Waals surface area contributed by atoms with Gasteiger partial charge in [0, 0.05) is 29.5 Å². The van der Waals surface area contributed by atoms with E-state index in [-0.39, 0.29) is 11.9 Å². The van der Waals surface area contributed by atoms with Gasteiger partial charge in [0.2, 0.25) is 0 Å². The van der Waals surface area contributed by atoms with Gasteiger partial charge in [-0.05, 0) is 44.9 Å². The normalized spacial score (nSPS) is 11.1. The Bertz CT molecular complexity index is 751. The number of ketones is 1. The second kappa shape index (κ2) is 9.70. The number of benzene rings is 2. The summed E-state index contributed by atoms with van der Waals surface area (Å²) in [6, 6.07) is 17.1. The number of carbonyl (C=O) groups excluding carboxylic acids is 2. The fraction of sp³-hybridized carbons (Fsp3) is 0.364. The van der Waals surface area contributed by atoms with Crippen molar-refractivity contribution in [3.05, 3.63) is 70.2 Å². The molecule has 4 nitrogen and oxygen atoms in total. The van der Waals surface area contributed by atoms with Gasteiger partial charge < -0.3 is 9.64 Å². The van der Waals surface area contributed by atoms with Gasteiger partial charge in [-0.2, -0.15) is 0 Å². The predicted octanol–water partition coefficient (Wildman–Crippen LogP) is 5.85. The van der Waals surface area contributed by atoms with Crippen molar-refractivity contribution in [2.45, 2.75) is 45.8 Å². The van der Waals surface area contributed by atoms with E-state index in [1.54, 1.807) is 4.90 Å². The van der Waals surface area contributed by atoms with Crippen LogP contribution in [0.25, 0.3) is 0 Å². The van der Waals surface area contributed by atoms with Crippen LogP contribution >= 0.6 is 15.9 Å². The quantitative estimate of drug-likeness (QED) is 0.516. The van der Waals surface area contributed by atoms with Crippen molar-refractivity contribution in [3.8, 4) is 0 Å². The molecule has 27 heavy (non-hydrogen) atoms. The zero-order chi connectivity index (χ0) is 19.9. The molecule has 0 unspecified atom stereocenters. The molecule has 0 bridgehead atoms. The minimum Gasteiger partial charge on any atom is -0.444 e. The van der Waals surface area contributed by atoms with E-state index < -0.39 is 5.60 Å². The van der Waals surface area contributed by atoms with Crippen LogP contribution in [0, 0.1) is 0 Å². The first kappa shape index (κ1) is 21.2. The minimum atomic E-state index is -0.561. The summed E-state index contributed by atoms with van der Waals surface area (Å²) in [5.41, 5.74) is 1.15. The van der Waals surface area contributed by atoms with Crippen LogP contribution in [0.3, 0.4) is 0 Å². The van der Waals surface area contributed by atoms with E-state index in [2.05, 4.69) is 15.9 Å². The first-order chi connectivity index (χ1) is 12.7. The number of nitrogens with zero attached hydrogens (tertiary/aromatic N) is 1. The Kier molecular flexibility index (Phi) is 7.60. The molecule has 0 radical (unpaired) electrons. The fourth-order valence-electron chi connectivity index (χ4n) is 2.57. The van der Waals surface area contributed by atoms with Gasteiger partial charge in [-0.1, -0.05) is 58.4 Å². The third-order valence-electron chi connectivity index (χ3n) is 3.87. The van der Waals surface area contributed by atoms with E-state index in [0.717, 1.165) is 10.0 Å². The van der Waals surface area contributed by atoms with Gasteiger partial charge in [-0.25, -0.2) is 4.79 Å². The highest BCUT2D eigenvalue weighted by Gasteiger charge is 2.22. The third kappa shape index (κ3) is 7.55. The Morgan fingerprint density at radius 1 is 1.00 bits per heavy atom. The van der Waals surface area contributed by atoms with Gasteiger partial charge in [0.05, 0.1) is 0 Å². The molecule has 1 amide bonds. The average Bonchev–Trinajstić information content (AvgIpc) is 2.61. The molecule has 2 rings (SSSR count). The second-order valence-electron chi connectivity index (χ2n) is 7.42. The molecule has 0 aliphatic heterocycles. The Morgan fingerprint density at radius 3 is 2.22 bits per heavy atom. The molecule has 2 aromatic carbocycles. The fourth-order valence-corrected chi connectivity index (χ4v) is 2.83. The number of Topliss-reactive ketones (excluding diaryl/α,β-unsaturated/α-hetero) is 1. The van der Waals surface area contributed by atoms with E-state index in [9.17, 15) is 9.59 Å². The van der Waals surface area contributed by atoms with Gasteiger partial charge in [0.25, 0.3) is 0 Å². The van der Waals surface area contributed by atoms with Gasteiger partial charge in [0.1, 0.15) is 5.60 Å². The summed E-state index contributed by atoms with van der Waals surface area (Å²) in [5, 5.41) is 0. The van der Waals surface area contributed by atoms with Crippen molar-refractivity contribution < 1.29 is 14.3 Å². The zero-order valence-electron chi connectivity index (χ0n) is 16.1. The molecular formula is C22H26BrNO3. The molecule has 0 heterocycles. The van der Waals surface area contributed by atoms with Crippen molar-refractivity contribution in [2.24, 2.45) is 0 Å². The van der Waals surface area contributed by atoms with Crippen molar-refractivity contribution in [3.63, 3.8) is 0 Å². The summed E-state index contributed by atoms with van der Waals surface area (Å²) in [6.07, 6.45) is 0.616. The maximum Gasteiger partial charge on any atom is 0.410 e. The lowest BCUT2D eigenvalue weighted by atomic mass is 10.1. The number of hydrogen-bond donors (Lipinski definition) is 0. The first-order valence-electron chi connectivity index (χ1n) is 9.05. The largest absolute Gasteiger partial charge is 0.444 e. The Hall–Kier alpha value is -2.14. The monoisotopic (exact) mass is 431 g/mol. The molecule has 0 N–H and O–H groups in total. The van der Waals surface area contributed by atoms with Gasteiger partial charge >= 0.3 is 6.09 Å². The molecular weight excluding hydrogens is 406 g/mol. The van der Waals surface area contributed by atoms with Crippen LogP contribution in [0.4, 0.5) is 4.79 Å². The lowest BCUT2D eigenvalue weighted by Crippen LogP contribution is -2.37. The Labute approximate surface area is 169 Å². The van der Waals surface area contributed by atoms with Crippen molar-refractivity contribution >= 4 is 27.8 Å². The number of rotatable bonds is 7. The topological polar surface area (TPSA) is 46.6 Å². The van der Waals surface area contributed by atoms with E-state index in [1.165, 1.54) is 0 Å². The van der Waals surface area contributed by atoms with Crippen LogP contribution < -0.4 is 0 Å². The summed E-state index contributed by atoms with van der Waals surface area (Å²) in [7, 11) is 0. The second-order valence-corrected chi connectivity index (χ2v) is 8.34. The van der Waals surface area contributed by atoms with Crippen LogP contribution in [0.1, 0.15) is 49.5 Å². The summed E-state index contributed by atoms with van der Waals surface area (Å²) in [5.74, 6) is 0.0865. The maximum atomic E-state index is 12.6. The molecule has 0 aliphatic rings. The van der Waals surface area contributed by atoms with Crippen molar-refractivity contribution in [1.82, 2.24) is 4.90 Å². The van der Waals surface area contributed by atoms with Gasteiger partial charge in [0.15, 0.2) is 5.78 Å². The maximum absolute atomic E-state index is 12.6. The van der Waals surface area contributed by atoms with E-state index in [1.807, 2.05) is 75.4 Å². The van der Waals surface area contributed by atoms with E-state index in [0.29, 0.717) is 31.5 Å². The highest BCUT2D eigenvalue weighted by molar-refractivity contribution is 9.10. The number of halogens is 1.